The van der Waals surface area contributed by atoms with Crippen LogP contribution in [-0.4, -0.2) is 29.6 Å². The Morgan fingerprint density at radius 3 is 2.85 bits per heavy atom. The molecular formula is C19H21N5O2. The van der Waals surface area contributed by atoms with Gasteiger partial charge in [0.25, 0.3) is 0 Å². The quantitative estimate of drug-likeness (QED) is 0.585. The van der Waals surface area contributed by atoms with Crippen LogP contribution in [-0.2, 0) is 0 Å². The summed E-state index contributed by atoms with van der Waals surface area (Å²) in [5.41, 5.74) is 2.76. The summed E-state index contributed by atoms with van der Waals surface area (Å²) in [4.78, 5) is 16.4. The molecule has 0 radical (unpaired) electrons. The van der Waals surface area contributed by atoms with Gasteiger partial charge in [-0.25, -0.2) is 15.0 Å². The van der Waals surface area contributed by atoms with Crippen LogP contribution in [0, 0.1) is 0 Å². The van der Waals surface area contributed by atoms with Gasteiger partial charge in [-0.15, -0.1) is 0 Å². The van der Waals surface area contributed by atoms with Crippen LogP contribution < -0.4 is 0 Å². The first-order valence-corrected chi connectivity index (χ1v) is 9.12. The van der Waals surface area contributed by atoms with E-state index in [1.807, 2.05) is 18.5 Å². The lowest BCUT2D eigenvalue weighted by molar-refractivity contribution is 0.176. The molecule has 26 heavy (non-hydrogen) atoms. The molecule has 4 aromatic rings. The summed E-state index contributed by atoms with van der Waals surface area (Å²) in [6.07, 6.45) is 10.5. The highest BCUT2D eigenvalue weighted by Crippen LogP contribution is 2.41. The molecule has 5 rings (SSSR count). The van der Waals surface area contributed by atoms with Crippen LogP contribution in [0.25, 0.3) is 22.1 Å². The lowest BCUT2D eigenvalue weighted by Crippen LogP contribution is -2.20. The van der Waals surface area contributed by atoms with E-state index in [0.717, 1.165) is 59.3 Å². The van der Waals surface area contributed by atoms with Gasteiger partial charge in [-0.05, 0) is 38.7 Å². The molecule has 0 bridgehead atoms. The molecule has 2 N–H and O–H groups in total. The third-order valence-electron chi connectivity index (χ3n) is 5.55. The lowest BCUT2D eigenvalue weighted by Gasteiger charge is -2.30. The number of aliphatic hydroxyl groups is 1. The zero-order valence-corrected chi connectivity index (χ0v) is 14.6. The van der Waals surface area contributed by atoms with E-state index in [1.165, 1.54) is 6.39 Å². The normalized spacial score (nSPS) is 22.2. The molecule has 1 aliphatic carbocycles. The molecule has 1 aliphatic rings. The monoisotopic (exact) mass is 351 g/mol. The molecule has 0 saturated heterocycles. The summed E-state index contributed by atoms with van der Waals surface area (Å²) in [7, 11) is 0. The predicted octanol–water partition coefficient (Wildman–Crippen LogP) is 3.85. The average Bonchev–Trinajstić information content (AvgIpc) is 3.39. The Morgan fingerprint density at radius 2 is 2.12 bits per heavy atom. The maximum absolute atomic E-state index is 10.3. The summed E-state index contributed by atoms with van der Waals surface area (Å²) in [5, 5.41) is 11.4. The summed E-state index contributed by atoms with van der Waals surface area (Å²) in [6.45, 7) is 1.78. The Balaban J connectivity index is 1.57. The zero-order chi connectivity index (χ0) is 17.7. The standard InChI is InChI=1S/C19H21N5O2/c1-11(25)19-23-15-8-22-18-14(6-7-21-18)17(15)24(19)13-4-2-12(3-5-13)16-9-20-10-26-16/h6-13,25H,2-5H2,1H3,(H,21,22). The summed E-state index contributed by atoms with van der Waals surface area (Å²) >= 11 is 0. The van der Waals surface area contributed by atoms with Crippen LogP contribution in [0.15, 0.2) is 35.5 Å². The van der Waals surface area contributed by atoms with Crippen molar-refractivity contribution in [2.45, 2.75) is 50.7 Å². The summed E-state index contributed by atoms with van der Waals surface area (Å²) in [6, 6.07) is 2.35. The van der Waals surface area contributed by atoms with Crippen LogP contribution in [0.1, 0.15) is 62.3 Å². The number of hydrogen-bond donors (Lipinski definition) is 2. The topological polar surface area (TPSA) is 92.8 Å². The number of oxazole rings is 1. The van der Waals surface area contributed by atoms with Gasteiger partial charge in [-0.3, -0.25) is 0 Å². The van der Waals surface area contributed by atoms with Crippen molar-refractivity contribution in [2.24, 2.45) is 0 Å². The fourth-order valence-electron chi connectivity index (χ4n) is 4.32. The Hall–Kier alpha value is -2.67. The van der Waals surface area contributed by atoms with E-state index in [4.69, 9.17) is 9.40 Å². The molecule has 1 atom stereocenters. The predicted molar refractivity (Wildman–Crippen MR) is 96.8 cm³/mol. The van der Waals surface area contributed by atoms with Crippen molar-refractivity contribution in [1.29, 1.82) is 0 Å². The van der Waals surface area contributed by atoms with Gasteiger partial charge >= 0.3 is 0 Å². The molecule has 4 aromatic heterocycles. The molecule has 0 amide bonds. The number of imidazole rings is 1. The highest BCUT2D eigenvalue weighted by atomic mass is 16.3. The highest BCUT2D eigenvalue weighted by Gasteiger charge is 2.29. The maximum Gasteiger partial charge on any atom is 0.180 e. The molecule has 1 saturated carbocycles. The van der Waals surface area contributed by atoms with E-state index in [-0.39, 0.29) is 0 Å². The number of aromatic amines is 1. The minimum atomic E-state index is -0.622. The van der Waals surface area contributed by atoms with Crippen molar-refractivity contribution in [1.82, 2.24) is 24.5 Å². The zero-order valence-electron chi connectivity index (χ0n) is 14.6. The molecule has 1 fully saturated rings. The van der Waals surface area contributed by atoms with Gasteiger partial charge in [-0.2, -0.15) is 0 Å². The smallest absolute Gasteiger partial charge is 0.180 e. The third kappa shape index (κ3) is 2.34. The minimum absolute atomic E-state index is 0.310. The largest absolute Gasteiger partial charge is 0.448 e. The second-order valence-corrected chi connectivity index (χ2v) is 7.16. The van der Waals surface area contributed by atoms with E-state index in [2.05, 4.69) is 19.5 Å². The fourth-order valence-corrected chi connectivity index (χ4v) is 4.32. The van der Waals surface area contributed by atoms with Crippen molar-refractivity contribution in [2.75, 3.05) is 0 Å². The number of aromatic nitrogens is 5. The maximum atomic E-state index is 10.3. The van der Waals surface area contributed by atoms with Crippen LogP contribution in [0.2, 0.25) is 0 Å². The van der Waals surface area contributed by atoms with Crippen molar-refractivity contribution in [3.05, 3.63) is 42.6 Å². The van der Waals surface area contributed by atoms with Crippen molar-refractivity contribution >= 4 is 22.1 Å². The van der Waals surface area contributed by atoms with Crippen LogP contribution in [0.5, 0.6) is 0 Å². The number of hydrogen-bond acceptors (Lipinski definition) is 5. The SMILES string of the molecule is CC(O)c1nc2cnc3[nH]ccc3c2n1C1CCC(c2cnco2)CC1. The van der Waals surface area contributed by atoms with Gasteiger partial charge in [0.15, 0.2) is 6.39 Å². The summed E-state index contributed by atoms with van der Waals surface area (Å²) in [5.74, 6) is 2.12. The second-order valence-electron chi connectivity index (χ2n) is 7.16. The number of aliphatic hydroxyl groups excluding tert-OH is 1. The Labute approximate surface area is 150 Å². The molecule has 7 heteroatoms. The molecule has 0 aliphatic heterocycles. The highest BCUT2D eigenvalue weighted by molar-refractivity contribution is 6.01. The van der Waals surface area contributed by atoms with Gasteiger partial charge in [0, 0.05) is 23.5 Å². The number of H-pyrrole nitrogens is 1. The Morgan fingerprint density at radius 1 is 1.27 bits per heavy atom. The Kier molecular flexibility index (Phi) is 3.56. The van der Waals surface area contributed by atoms with Crippen LogP contribution in [0.4, 0.5) is 0 Å². The fraction of sp³-hybridized carbons (Fsp3) is 0.421. The van der Waals surface area contributed by atoms with E-state index < -0.39 is 6.10 Å². The summed E-state index contributed by atoms with van der Waals surface area (Å²) < 4.78 is 7.74. The number of rotatable bonds is 3. The molecule has 7 nitrogen and oxygen atoms in total. The first-order chi connectivity index (χ1) is 12.7. The third-order valence-corrected chi connectivity index (χ3v) is 5.55. The number of pyridine rings is 1. The number of nitrogens with zero attached hydrogens (tertiary/aromatic N) is 4. The Bertz CT molecular complexity index is 1040. The van der Waals surface area contributed by atoms with Crippen LogP contribution >= 0.6 is 0 Å². The first kappa shape index (κ1) is 15.6. The van der Waals surface area contributed by atoms with Gasteiger partial charge in [-0.1, -0.05) is 0 Å². The van der Waals surface area contributed by atoms with Gasteiger partial charge in [0.05, 0.1) is 17.9 Å². The van der Waals surface area contributed by atoms with Crippen molar-refractivity contribution in [3.8, 4) is 0 Å². The molecule has 134 valence electrons. The number of nitrogens with one attached hydrogen (secondary N) is 1. The van der Waals surface area contributed by atoms with Gasteiger partial charge < -0.3 is 19.1 Å². The molecule has 0 aromatic carbocycles. The van der Waals surface area contributed by atoms with Gasteiger partial charge in [0.2, 0.25) is 0 Å². The second kappa shape index (κ2) is 5.95. The van der Waals surface area contributed by atoms with Crippen molar-refractivity contribution in [3.63, 3.8) is 0 Å². The first-order valence-electron chi connectivity index (χ1n) is 9.12. The van der Waals surface area contributed by atoms with E-state index in [1.54, 1.807) is 13.1 Å². The van der Waals surface area contributed by atoms with Gasteiger partial charge in [0.1, 0.15) is 28.9 Å². The average molecular weight is 351 g/mol. The lowest BCUT2D eigenvalue weighted by atomic mass is 9.84. The molecule has 0 spiro atoms. The molecule has 1 unspecified atom stereocenters. The van der Waals surface area contributed by atoms with Crippen molar-refractivity contribution < 1.29 is 9.52 Å². The van der Waals surface area contributed by atoms with E-state index in [9.17, 15) is 5.11 Å². The minimum Gasteiger partial charge on any atom is -0.448 e. The van der Waals surface area contributed by atoms with Crippen LogP contribution in [0.3, 0.4) is 0 Å². The number of fused-ring (bicyclic) bond motifs is 3. The van der Waals surface area contributed by atoms with E-state index in [0.29, 0.717) is 12.0 Å². The molecular weight excluding hydrogens is 330 g/mol. The van der Waals surface area contributed by atoms with E-state index >= 15 is 0 Å². The molecule has 4 heterocycles.